The van der Waals surface area contributed by atoms with Crippen molar-refractivity contribution in [2.45, 2.75) is 13.3 Å². The summed E-state index contributed by atoms with van der Waals surface area (Å²) >= 11 is 0. The molecule has 3 nitrogen and oxygen atoms in total. The number of hydrogen-bond donors (Lipinski definition) is 1. The number of halogens is 1. The summed E-state index contributed by atoms with van der Waals surface area (Å²) in [6.45, 7) is 2.14. The van der Waals surface area contributed by atoms with Gasteiger partial charge in [0.2, 0.25) is 0 Å². The van der Waals surface area contributed by atoms with Crippen LogP contribution in [0.2, 0.25) is 0 Å². The van der Waals surface area contributed by atoms with Crippen molar-refractivity contribution in [2.24, 2.45) is 0 Å². The number of rotatable bonds is 4. The Labute approximate surface area is 100.0 Å². The predicted octanol–water partition coefficient (Wildman–Crippen LogP) is 1.98. The quantitative estimate of drug-likeness (QED) is 0.640. The van der Waals surface area contributed by atoms with Gasteiger partial charge in [0, 0.05) is 19.0 Å². The van der Waals surface area contributed by atoms with Gasteiger partial charge in [0.05, 0.1) is 12.7 Å². The van der Waals surface area contributed by atoms with Crippen LogP contribution in [-0.2, 0) is 0 Å². The topological polar surface area (TPSA) is 38.3 Å². The zero-order valence-corrected chi connectivity index (χ0v) is 9.84. The molecule has 0 heterocycles. The van der Waals surface area contributed by atoms with Crippen LogP contribution < -0.4 is 10.1 Å². The van der Waals surface area contributed by atoms with Crippen molar-refractivity contribution in [3.63, 3.8) is 0 Å². The van der Waals surface area contributed by atoms with Gasteiger partial charge in [-0.2, -0.15) is 0 Å². The van der Waals surface area contributed by atoms with Crippen molar-refractivity contribution in [1.82, 2.24) is 5.32 Å². The maximum absolute atomic E-state index is 13.5. The Balaban J connectivity index is 2.64. The highest BCUT2D eigenvalue weighted by Crippen LogP contribution is 2.15. The van der Waals surface area contributed by atoms with Gasteiger partial charge in [-0.25, -0.2) is 4.39 Å². The molecule has 1 amide bonds. The van der Waals surface area contributed by atoms with Gasteiger partial charge in [-0.1, -0.05) is 0 Å². The van der Waals surface area contributed by atoms with E-state index >= 15 is 0 Å². The van der Waals surface area contributed by atoms with E-state index in [1.165, 1.54) is 19.2 Å². The number of carbonyl (C=O) groups is 1. The van der Waals surface area contributed by atoms with E-state index in [2.05, 4.69) is 17.2 Å². The summed E-state index contributed by atoms with van der Waals surface area (Å²) in [4.78, 5) is 11.6. The van der Waals surface area contributed by atoms with E-state index in [1.807, 2.05) is 0 Å². The molecule has 1 aromatic rings. The molecule has 1 N–H and O–H groups in total. The standard InChI is InChI=1S/C13H14FNO2/c1-3-4-5-8-15-13(16)11-7-6-10(17-2)9-12(11)14/h6-7,9H,5,8H2,1-2H3,(H,15,16). The van der Waals surface area contributed by atoms with Crippen LogP contribution in [0.1, 0.15) is 23.7 Å². The third-order valence-electron chi connectivity index (χ3n) is 2.13. The Bertz CT molecular complexity index is 460. The molecule has 0 saturated heterocycles. The second kappa shape index (κ2) is 6.54. The largest absolute Gasteiger partial charge is 0.497 e. The van der Waals surface area contributed by atoms with E-state index < -0.39 is 11.7 Å². The molecule has 0 bridgehead atoms. The molecule has 1 aromatic carbocycles. The Hall–Kier alpha value is -2.02. The molecule has 0 fully saturated rings. The maximum Gasteiger partial charge on any atom is 0.254 e. The fraction of sp³-hybridized carbons (Fsp3) is 0.308. The molecule has 1 rings (SSSR count). The third kappa shape index (κ3) is 3.80. The maximum atomic E-state index is 13.5. The molecule has 90 valence electrons. The van der Waals surface area contributed by atoms with Crippen LogP contribution >= 0.6 is 0 Å². The molecule has 0 unspecified atom stereocenters. The molecular formula is C13H14FNO2. The number of benzene rings is 1. The minimum absolute atomic E-state index is 0.00950. The Kier molecular flexibility index (Phi) is 5.02. The van der Waals surface area contributed by atoms with E-state index in [0.717, 1.165) is 0 Å². The highest BCUT2D eigenvalue weighted by atomic mass is 19.1. The van der Waals surface area contributed by atoms with Crippen LogP contribution in [0.25, 0.3) is 0 Å². The highest BCUT2D eigenvalue weighted by Gasteiger charge is 2.11. The highest BCUT2D eigenvalue weighted by molar-refractivity contribution is 5.94. The van der Waals surface area contributed by atoms with Crippen LogP contribution in [0.4, 0.5) is 4.39 Å². The molecule has 0 aliphatic carbocycles. The number of carbonyl (C=O) groups excluding carboxylic acids is 1. The lowest BCUT2D eigenvalue weighted by Gasteiger charge is -2.06. The summed E-state index contributed by atoms with van der Waals surface area (Å²) < 4.78 is 18.3. The first-order valence-electron chi connectivity index (χ1n) is 5.20. The molecule has 0 spiro atoms. The van der Waals surface area contributed by atoms with Crippen molar-refractivity contribution >= 4 is 5.91 Å². The molecule has 17 heavy (non-hydrogen) atoms. The molecule has 0 atom stereocenters. The van der Waals surface area contributed by atoms with E-state index in [9.17, 15) is 9.18 Å². The summed E-state index contributed by atoms with van der Waals surface area (Å²) in [5, 5.41) is 2.59. The molecule has 0 saturated carbocycles. The van der Waals surface area contributed by atoms with Crippen molar-refractivity contribution < 1.29 is 13.9 Å². The van der Waals surface area contributed by atoms with Crippen LogP contribution in [0.5, 0.6) is 5.75 Å². The zero-order chi connectivity index (χ0) is 12.7. The first-order chi connectivity index (χ1) is 8.19. The van der Waals surface area contributed by atoms with Crippen LogP contribution in [0.15, 0.2) is 18.2 Å². The number of methoxy groups -OCH3 is 1. The van der Waals surface area contributed by atoms with Crippen LogP contribution in [-0.4, -0.2) is 19.6 Å². The Morgan fingerprint density at radius 1 is 1.53 bits per heavy atom. The normalized spacial score (nSPS) is 9.12. The number of ether oxygens (including phenoxy) is 1. The summed E-state index contributed by atoms with van der Waals surface area (Å²) in [5.74, 6) is 4.87. The second-order valence-corrected chi connectivity index (χ2v) is 3.28. The van der Waals surface area contributed by atoms with Crippen molar-refractivity contribution in [1.29, 1.82) is 0 Å². The smallest absolute Gasteiger partial charge is 0.254 e. The van der Waals surface area contributed by atoms with Crippen LogP contribution in [0.3, 0.4) is 0 Å². The summed E-state index contributed by atoms with van der Waals surface area (Å²) in [5.41, 5.74) is 0.00950. The summed E-state index contributed by atoms with van der Waals surface area (Å²) in [6, 6.07) is 4.12. The molecule has 4 heteroatoms. The first kappa shape index (κ1) is 13.0. The minimum atomic E-state index is -0.594. The average molecular weight is 235 g/mol. The molecule has 0 radical (unpaired) electrons. The van der Waals surface area contributed by atoms with Crippen molar-refractivity contribution in [3.8, 4) is 17.6 Å². The monoisotopic (exact) mass is 235 g/mol. The first-order valence-corrected chi connectivity index (χ1v) is 5.20. The fourth-order valence-corrected chi connectivity index (χ4v) is 1.27. The summed E-state index contributed by atoms with van der Waals surface area (Å²) in [6.07, 6.45) is 0.556. The second-order valence-electron chi connectivity index (χ2n) is 3.28. The average Bonchev–Trinajstić information content (AvgIpc) is 2.34. The van der Waals surface area contributed by atoms with Crippen LogP contribution in [0, 0.1) is 17.7 Å². The van der Waals surface area contributed by atoms with Crippen molar-refractivity contribution in [2.75, 3.05) is 13.7 Å². The van der Waals surface area contributed by atoms with E-state index in [-0.39, 0.29) is 5.56 Å². The lowest BCUT2D eigenvalue weighted by molar-refractivity contribution is 0.0950. The Morgan fingerprint density at radius 2 is 2.29 bits per heavy atom. The van der Waals surface area contributed by atoms with Gasteiger partial charge in [0.1, 0.15) is 11.6 Å². The van der Waals surface area contributed by atoms with E-state index in [4.69, 9.17) is 4.74 Å². The molecule has 0 aliphatic heterocycles. The van der Waals surface area contributed by atoms with Gasteiger partial charge in [0.15, 0.2) is 0 Å². The van der Waals surface area contributed by atoms with Crippen molar-refractivity contribution in [3.05, 3.63) is 29.6 Å². The third-order valence-corrected chi connectivity index (χ3v) is 2.13. The van der Waals surface area contributed by atoms with Gasteiger partial charge < -0.3 is 10.1 Å². The minimum Gasteiger partial charge on any atom is -0.497 e. The molecule has 0 aromatic heterocycles. The van der Waals surface area contributed by atoms with E-state index in [1.54, 1.807) is 13.0 Å². The zero-order valence-electron chi connectivity index (χ0n) is 9.84. The Morgan fingerprint density at radius 3 is 2.88 bits per heavy atom. The number of amides is 1. The molecular weight excluding hydrogens is 221 g/mol. The number of nitrogens with one attached hydrogen (secondary N) is 1. The predicted molar refractivity (Wildman–Crippen MR) is 63.4 cm³/mol. The van der Waals surface area contributed by atoms with Gasteiger partial charge in [-0.15, -0.1) is 11.8 Å². The SMILES string of the molecule is CC#CCCNC(=O)c1ccc(OC)cc1F. The lowest BCUT2D eigenvalue weighted by atomic mass is 10.2. The fourth-order valence-electron chi connectivity index (χ4n) is 1.27. The van der Waals surface area contributed by atoms with E-state index in [0.29, 0.717) is 18.7 Å². The van der Waals surface area contributed by atoms with Gasteiger partial charge in [-0.05, 0) is 19.1 Å². The lowest BCUT2D eigenvalue weighted by Crippen LogP contribution is -2.25. The van der Waals surface area contributed by atoms with Gasteiger partial charge in [-0.3, -0.25) is 4.79 Å². The van der Waals surface area contributed by atoms with Gasteiger partial charge in [0.25, 0.3) is 5.91 Å². The van der Waals surface area contributed by atoms with Gasteiger partial charge >= 0.3 is 0 Å². The number of hydrogen-bond acceptors (Lipinski definition) is 2. The summed E-state index contributed by atoms with van der Waals surface area (Å²) in [7, 11) is 1.44. The molecule has 0 aliphatic rings.